The SMILES string of the molecule is CN(C)NC(CN)c1cc(Br)c2c(c1)OCO2. The van der Waals surface area contributed by atoms with Crippen LogP contribution in [-0.2, 0) is 0 Å². The fraction of sp³-hybridized carbons (Fsp3) is 0.455. The number of benzene rings is 1. The first-order valence-corrected chi connectivity index (χ1v) is 6.13. The van der Waals surface area contributed by atoms with Crippen molar-refractivity contribution in [3.8, 4) is 11.5 Å². The highest BCUT2D eigenvalue weighted by atomic mass is 79.9. The smallest absolute Gasteiger partial charge is 0.231 e. The van der Waals surface area contributed by atoms with Crippen LogP contribution in [0.15, 0.2) is 16.6 Å². The lowest BCUT2D eigenvalue weighted by atomic mass is 10.1. The van der Waals surface area contributed by atoms with E-state index < -0.39 is 0 Å². The molecule has 1 aliphatic heterocycles. The van der Waals surface area contributed by atoms with E-state index in [9.17, 15) is 0 Å². The predicted octanol–water partition coefficient (Wildman–Crippen LogP) is 1.24. The number of nitrogens with two attached hydrogens (primary N) is 1. The zero-order valence-corrected chi connectivity index (χ0v) is 11.5. The molecule has 1 aliphatic rings. The molecule has 1 atom stereocenters. The Kier molecular flexibility index (Phi) is 3.88. The van der Waals surface area contributed by atoms with E-state index in [0.717, 1.165) is 21.5 Å². The van der Waals surface area contributed by atoms with E-state index >= 15 is 0 Å². The molecule has 1 aromatic carbocycles. The van der Waals surface area contributed by atoms with Gasteiger partial charge in [0.15, 0.2) is 11.5 Å². The minimum atomic E-state index is 0.0517. The number of ether oxygens (including phenoxy) is 2. The molecule has 1 heterocycles. The summed E-state index contributed by atoms with van der Waals surface area (Å²) in [6.45, 7) is 0.774. The van der Waals surface area contributed by atoms with E-state index in [0.29, 0.717) is 6.54 Å². The summed E-state index contributed by atoms with van der Waals surface area (Å²) in [4.78, 5) is 0. The summed E-state index contributed by atoms with van der Waals surface area (Å²) >= 11 is 3.47. The Morgan fingerprint density at radius 3 is 2.88 bits per heavy atom. The van der Waals surface area contributed by atoms with Crippen molar-refractivity contribution in [2.24, 2.45) is 5.73 Å². The van der Waals surface area contributed by atoms with E-state index in [1.165, 1.54) is 0 Å². The summed E-state index contributed by atoms with van der Waals surface area (Å²) in [7, 11) is 3.87. The van der Waals surface area contributed by atoms with E-state index in [-0.39, 0.29) is 12.8 Å². The Balaban J connectivity index is 2.29. The van der Waals surface area contributed by atoms with Crippen molar-refractivity contribution in [1.29, 1.82) is 0 Å². The maximum absolute atomic E-state index is 5.77. The second kappa shape index (κ2) is 5.22. The Morgan fingerprint density at radius 2 is 2.24 bits per heavy atom. The van der Waals surface area contributed by atoms with E-state index in [1.54, 1.807) is 0 Å². The highest BCUT2D eigenvalue weighted by Gasteiger charge is 2.21. The minimum Gasteiger partial charge on any atom is -0.454 e. The van der Waals surface area contributed by atoms with Crippen molar-refractivity contribution in [2.75, 3.05) is 27.4 Å². The van der Waals surface area contributed by atoms with Gasteiger partial charge in [0.25, 0.3) is 0 Å². The third-order valence-corrected chi connectivity index (χ3v) is 3.09. The first-order valence-electron chi connectivity index (χ1n) is 5.34. The molecule has 0 amide bonds. The van der Waals surface area contributed by atoms with Crippen LogP contribution in [0.5, 0.6) is 11.5 Å². The monoisotopic (exact) mass is 301 g/mol. The Hall–Kier alpha value is -0.820. The van der Waals surface area contributed by atoms with E-state index in [1.807, 2.05) is 31.2 Å². The number of hydrogen-bond donors (Lipinski definition) is 2. The summed E-state index contributed by atoms with van der Waals surface area (Å²) < 4.78 is 11.6. The van der Waals surface area contributed by atoms with Crippen LogP contribution in [0.25, 0.3) is 0 Å². The molecule has 1 aromatic rings. The molecule has 0 saturated heterocycles. The molecule has 17 heavy (non-hydrogen) atoms. The first-order chi connectivity index (χ1) is 8.11. The molecule has 6 heteroatoms. The summed E-state index contributed by atoms with van der Waals surface area (Å²) in [6, 6.07) is 4.01. The predicted molar refractivity (Wildman–Crippen MR) is 68.9 cm³/mol. The summed E-state index contributed by atoms with van der Waals surface area (Å²) in [5.74, 6) is 1.52. The maximum Gasteiger partial charge on any atom is 0.231 e. The normalized spacial score (nSPS) is 15.4. The molecular weight excluding hydrogens is 286 g/mol. The summed E-state index contributed by atoms with van der Waals surface area (Å²) in [5, 5.41) is 1.88. The number of hydrazine groups is 1. The zero-order valence-electron chi connectivity index (χ0n) is 9.87. The van der Waals surface area contributed by atoms with Gasteiger partial charge in [0, 0.05) is 20.6 Å². The molecule has 0 bridgehead atoms. The average molecular weight is 302 g/mol. The fourth-order valence-electron chi connectivity index (χ4n) is 1.76. The standard InChI is InChI=1S/C11H16BrN3O2/c1-15(2)14-9(5-13)7-3-8(12)11-10(4-7)16-6-17-11/h3-4,9,14H,5-6,13H2,1-2H3. The van der Waals surface area contributed by atoms with Crippen LogP contribution in [-0.4, -0.2) is 32.4 Å². The fourth-order valence-corrected chi connectivity index (χ4v) is 2.34. The number of fused-ring (bicyclic) bond motifs is 1. The van der Waals surface area contributed by atoms with Crippen LogP contribution >= 0.6 is 15.9 Å². The number of hydrogen-bond acceptors (Lipinski definition) is 5. The van der Waals surface area contributed by atoms with Gasteiger partial charge in [-0.1, -0.05) is 0 Å². The van der Waals surface area contributed by atoms with Crippen molar-refractivity contribution < 1.29 is 9.47 Å². The minimum absolute atomic E-state index is 0.0517. The first kappa shape index (κ1) is 12.6. The Morgan fingerprint density at radius 1 is 1.47 bits per heavy atom. The second-order valence-corrected chi connectivity index (χ2v) is 4.90. The number of nitrogens with zero attached hydrogens (tertiary/aromatic N) is 1. The van der Waals surface area contributed by atoms with Crippen molar-refractivity contribution in [3.63, 3.8) is 0 Å². The van der Waals surface area contributed by atoms with Crippen molar-refractivity contribution >= 4 is 15.9 Å². The van der Waals surface area contributed by atoms with Gasteiger partial charge in [0.05, 0.1) is 10.5 Å². The molecule has 0 saturated carbocycles. The topological polar surface area (TPSA) is 59.8 Å². The lowest BCUT2D eigenvalue weighted by molar-refractivity contribution is 0.173. The van der Waals surface area contributed by atoms with Gasteiger partial charge in [-0.05, 0) is 33.6 Å². The molecule has 0 fully saturated rings. The molecule has 5 nitrogen and oxygen atoms in total. The molecular formula is C11H16BrN3O2. The molecule has 0 aliphatic carbocycles. The molecule has 1 unspecified atom stereocenters. The lowest BCUT2D eigenvalue weighted by Gasteiger charge is -2.22. The third kappa shape index (κ3) is 2.71. The number of rotatable bonds is 4. The van der Waals surface area contributed by atoms with Crippen molar-refractivity contribution in [3.05, 3.63) is 22.2 Å². The molecule has 0 spiro atoms. The largest absolute Gasteiger partial charge is 0.454 e. The third-order valence-electron chi connectivity index (χ3n) is 2.50. The number of halogens is 1. The molecule has 0 radical (unpaired) electrons. The van der Waals surface area contributed by atoms with Gasteiger partial charge in [0.2, 0.25) is 6.79 Å². The van der Waals surface area contributed by atoms with Gasteiger partial charge < -0.3 is 15.2 Å². The van der Waals surface area contributed by atoms with Crippen LogP contribution in [0.1, 0.15) is 11.6 Å². The highest BCUT2D eigenvalue weighted by molar-refractivity contribution is 9.10. The van der Waals surface area contributed by atoms with Crippen LogP contribution < -0.4 is 20.6 Å². The van der Waals surface area contributed by atoms with Crippen LogP contribution in [0.3, 0.4) is 0 Å². The average Bonchev–Trinajstić information content (AvgIpc) is 2.74. The molecule has 0 aromatic heterocycles. The van der Waals surface area contributed by atoms with Gasteiger partial charge in [0.1, 0.15) is 0 Å². The van der Waals surface area contributed by atoms with Gasteiger partial charge in [-0.2, -0.15) is 0 Å². The highest BCUT2D eigenvalue weighted by Crippen LogP contribution is 2.41. The zero-order chi connectivity index (χ0) is 12.4. The summed E-state index contributed by atoms with van der Waals surface area (Å²) in [6.07, 6.45) is 0. The molecule has 3 N–H and O–H groups in total. The van der Waals surface area contributed by atoms with E-state index in [2.05, 4.69) is 21.4 Å². The molecule has 94 valence electrons. The van der Waals surface area contributed by atoms with Gasteiger partial charge in [-0.3, -0.25) is 0 Å². The van der Waals surface area contributed by atoms with Crippen LogP contribution in [0.4, 0.5) is 0 Å². The number of nitrogens with one attached hydrogen (secondary N) is 1. The van der Waals surface area contributed by atoms with Gasteiger partial charge >= 0.3 is 0 Å². The van der Waals surface area contributed by atoms with E-state index in [4.69, 9.17) is 15.2 Å². The summed E-state index contributed by atoms with van der Waals surface area (Å²) in [5.41, 5.74) is 10.1. The molecule has 2 rings (SSSR count). The second-order valence-electron chi connectivity index (χ2n) is 4.05. The van der Waals surface area contributed by atoms with Crippen LogP contribution in [0, 0.1) is 0 Å². The van der Waals surface area contributed by atoms with Crippen molar-refractivity contribution in [2.45, 2.75) is 6.04 Å². The van der Waals surface area contributed by atoms with Crippen molar-refractivity contribution in [1.82, 2.24) is 10.4 Å². The quantitative estimate of drug-likeness (QED) is 0.820. The van der Waals surface area contributed by atoms with Gasteiger partial charge in [-0.25, -0.2) is 10.4 Å². The van der Waals surface area contributed by atoms with Crippen LogP contribution in [0.2, 0.25) is 0 Å². The Labute approximate surface area is 109 Å². The maximum atomic E-state index is 5.77. The lowest BCUT2D eigenvalue weighted by Crippen LogP contribution is -2.37. The van der Waals surface area contributed by atoms with Gasteiger partial charge in [-0.15, -0.1) is 0 Å². The Bertz CT molecular complexity index is 412.